The van der Waals surface area contributed by atoms with Gasteiger partial charge >= 0.3 is 0 Å². The van der Waals surface area contributed by atoms with E-state index in [-0.39, 0.29) is 0 Å². The van der Waals surface area contributed by atoms with Crippen LogP contribution < -0.4 is 0 Å². The van der Waals surface area contributed by atoms with Crippen molar-refractivity contribution in [3.8, 4) is 6.07 Å². The van der Waals surface area contributed by atoms with E-state index in [1.54, 1.807) is 23.9 Å². The molecular formula is C13H11ClN2OS. The Balaban J connectivity index is 2.09. The van der Waals surface area contributed by atoms with Gasteiger partial charge in [0.1, 0.15) is 5.76 Å². The maximum Gasteiger partial charge on any atom is 0.204 e. The molecule has 0 amide bonds. The first kappa shape index (κ1) is 13.0. The van der Waals surface area contributed by atoms with Gasteiger partial charge in [0.05, 0.1) is 28.1 Å². The van der Waals surface area contributed by atoms with Gasteiger partial charge in [-0.2, -0.15) is 5.26 Å². The number of hydrogen-bond donors (Lipinski definition) is 0. The normalized spacial score (nSPS) is 10.3. The minimum atomic E-state index is 0.562. The number of benzene rings is 1. The second-order valence-electron chi connectivity index (χ2n) is 3.79. The summed E-state index contributed by atoms with van der Waals surface area (Å²) in [5.41, 5.74) is 1.48. The van der Waals surface area contributed by atoms with E-state index in [0.29, 0.717) is 22.2 Å². The molecule has 0 atom stereocenters. The molecule has 0 bridgehead atoms. The van der Waals surface area contributed by atoms with E-state index in [4.69, 9.17) is 21.3 Å². The third kappa shape index (κ3) is 2.87. The molecule has 0 fully saturated rings. The number of oxazole rings is 1. The smallest absolute Gasteiger partial charge is 0.204 e. The monoisotopic (exact) mass is 278 g/mol. The molecule has 0 radical (unpaired) electrons. The van der Waals surface area contributed by atoms with Crippen molar-refractivity contribution in [2.75, 3.05) is 0 Å². The molecule has 0 aliphatic carbocycles. The molecule has 1 aromatic carbocycles. The van der Waals surface area contributed by atoms with Crippen LogP contribution in [0, 0.1) is 25.2 Å². The van der Waals surface area contributed by atoms with Gasteiger partial charge in [-0.1, -0.05) is 11.6 Å². The highest BCUT2D eigenvalue weighted by Gasteiger charge is 2.08. The van der Waals surface area contributed by atoms with E-state index >= 15 is 0 Å². The lowest BCUT2D eigenvalue weighted by Crippen LogP contribution is -1.83. The number of aromatic nitrogens is 1. The predicted octanol–water partition coefficient (Wildman–Crippen LogP) is 4.11. The lowest BCUT2D eigenvalue weighted by atomic mass is 10.2. The van der Waals surface area contributed by atoms with Gasteiger partial charge < -0.3 is 4.42 Å². The van der Waals surface area contributed by atoms with Crippen LogP contribution in [0.5, 0.6) is 0 Å². The Hall–Kier alpha value is -1.44. The number of thioether (sulfide) groups is 1. The van der Waals surface area contributed by atoms with Crippen molar-refractivity contribution in [2.45, 2.75) is 24.5 Å². The first-order valence-corrected chi connectivity index (χ1v) is 6.72. The van der Waals surface area contributed by atoms with E-state index in [1.807, 2.05) is 19.9 Å². The minimum Gasteiger partial charge on any atom is -0.445 e. The number of halogens is 1. The maximum atomic E-state index is 8.75. The zero-order chi connectivity index (χ0) is 13.1. The van der Waals surface area contributed by atoms with Gasteiger partial charge in [0.2, 0.25) is 5.89 Å². The van der Waals surface area contributed by atoms with E-state index in [0.717, 1.165) is 16.3 Å². The molecule has 0 saturated carbocycles. The molecule has 3 nitrogen and oxygen atoms in total. The Morgan fingerprint density at radius 2 is 2.22 bits per heavy atom. The highest BCUT2D eigenvalue weighted by Crippen LogP contribution is 2.30. The summed E-state index contributed by atoms with van der Waals surface area (Å²) in [6.07, 6.45) is 0. The number of hydrogen-bond acceptors (Lipinski definition) is 4. The van der Waals surface area contributed by atoms with Gasteiger partial charge in [0.15, 0.2) is 0 Å². The summed E-state index contributed by atoms with van der Waals surface area (Å²) in [5.74, 6) is 2.16. The molecule has 2 rings (SSSR count). The molecule has 5 heteroatoms. The van der Waals surface area contributed by atoms with E-state index in [2.05, 4.69) is 11.1 Å². The van der Waals surface area contributed by atoms with E-state index in [1.165, 1.54) is 0 Å². The Kier molecular flexibility index (Phi) is 3.95. The molecule has 1 aromatic heterocycles. The molecule has 0 unspecified atom stereocenters. The van der Waals surface area contributed by atoms with Crippen molar-refractivity contribution in [3.05, 3.63) is 46.1 Å². The fraction of sp³-hybridized carbons (Fsp3) is 0.231. The molecule has 0 aliphatic heterocycles. The molecule has 0 aliphatic rings. The maximum absolute atomic E-state index is 8.75. The fourth-order valence-electron chi connectivity index (χ4n) is 1.43. The summed E-state index contributed by atoms with van der Waals surface area (Å²) in [7, 11) is 0. The largest absolute Gasteiger partial charge is 0.445 e. The van der Waals surface area contributed by atoms with Crippen molar-refractivity contribution in [2.24, 2.45) is 0 Å². The van der Waals surface area contributed by atoms with Crippen LogP contribution in [-0.2, 0) is 5.75 Å². The average molecular weight is 279 g/mol. The standard InChI is InChI=1S/C13H11ClN2OS/c1-8-9(2)17-13(16-8)7-18-12-4-3-10(6-15)5-11(12)14/h3-5H,7H2,1-2H3. The third-order valence-corrected chi connectivity index (χ3v) is 3.97. The van der Waals surface area contributed by atoms with Crippen LogP contribution in [0.4, 0.5) is 0 Å². The zero-order valence-corrected chi connectivity index (χ0v) is 11.6. The first-order chi connectivity index (χ1) is 8.60. The average Bonchev–Trinajstić information content (AvgIpc) is 2.67. The van der Waals surface area contributed by atoms with Crippen molar-refractivity contribution in [1.29, 1.82) is 5.26 Å². The molecule has 0 spiro atoms. The molecular weight excluding hydrogens is 268 g/mol. The summed E-state index contributed by atoms with van der Waals surface area (Å²) in [4.78, 5) is 5.23. The number of rotatable bonds is 3. The fourth-order valence-corrected chi connectivity index (χ4v) is 2.54. The Bertz CT molecular complexity index is 596. The van der Waals surface area contributed by atoms with Gasteiger partial charge in [-0.25, -0.2) is 4.98 Å². The Labute approximate surface area is 115 Å². The van der Waals surface area contributed by atoms with Gasteiger partial charge in [0.25, 0.3) is 0 Å². The van der Waals surface area contributed by atoms with Crippen LogP contribution in [-0.4, -0.2) is 4.98 Å². The zero-order valence-electron chi connectivity index (χ0n) is 10.0. The number of nitrogens with zero attached hydrogens (tertiary/aromatic N) is 2. The minimum absolute atomic E-state index is 0.562. The van der Waals surface area contributed by atoms with E-state index in [9.17, 15) is 0 Å². The molecule has 0 N–H and O–H groups in total. The van der Waals surface area contributed by atoms with Crippen LogP contribution in [0.15, 0.2) is 27.5 Å². The Morgan fingerprint density at radius 3 is 2.78 bits per heavy atom. The van der Waals surface area contributed by atoms with Crippen LogP contribution in [0.2, 0.25) is 5.02 Å². The van der Waals surface area contributed by atoms with E-state index < -0.39 is 0 Å². The Morgan fingerprint density at radius 1 is 1.44 bits per heavy atom. The third-order valence-electron chi connectivity index (χ3n) is 2.48. The molecule has 92 valence electrons. The first-order valence-electron chi connectivity index (χ1n) is 5.35. The van der Waals surface area contributed by atoms with Crippen LogP contribution in [0.25, 0.3) is 0 Å². The summed E-state index contributed by atoms with van der Waals surface area (Å²) >= 11 is 7.63. The molecule has 1 heterocycles. The number of aryl methyl sites for hydroxylation is 2. The van der Waals surface area contributed by atoms with Crippen molar-refractivity contribution < 1.29 is 4.42 Å². The second-order valence-corrected chi connectivity index (χ2v) is 5.22. The van der Waals surface area contributed by atoms with Gasteiger partial charge in [-0.3, -0.25) is 0 Å². The van der Waals surface area contributed by atoms with Crippen molar-refractivity contribution in [3.63, 3.8) is 0 Å². The summed E-state index contributed by atoms with van der Waals surface area (Å²) < 4.78 is 5.49. The van der Waals surface area contributed by atoms with Crippen LogP contribution in [0.1, 0.15) is 22.9 Å². The summed E-state index contributed by atoms with van der Waals surface area (Å²) in [6, 6.07) is 7.31. The SMILES string of the molecule is Cc1nc(CSc2ccc(C#N)cc2Cl)oc1C. The predicted molar refractivity (Wildman–Crippen MR) is 71.7 cm³/mol. The topological polar surface area (TPSA) is 49.8 Å². The summed E-state index contributed by atoms with van der Waals surface area (Å²) in [6.45, 7) is 3.81. The lowest BCUT2D eigenvalue weighted by Gasteiger charge is -2.02. The summed E-state index contributed by atoms with van der Waals surface area (Å²) in [5, 5.41) is 9.34. The quantitative estimate of drug-likeness (QED) is 0.793. The van der Waals surface area contributed by atoms with Crippen molar-refractivity contribution >= 4 is 23.4 Å². The second kappa shape index (κ2) is 5.47. The van der Waals surface area contributed by atoms with Crippen LogP contribution >= 0.6 is 23.4 Å². The number of nitriles is 1. The lowest BCUT2D eigenvalue weighted by molar-refractivity contribution is 0.489. The van der Waals surface area contributed by atoms with Crippen LogP contribution in [0.3, 0.4) is 0 Å². The highest BCUT2D eigenvalue weighted by molar-refractivity contribution is 7.98. The molecule has 2 aromatic rings. The van der Waals surface area contributed by atoms with Gasteiger partial charge in [-0.05, 0) is 32.0 Å². The van der Waals surface area contributed by atoms with Crippen molar-refractivity contribution in [1.82, 2.24) is 4.98 Å². The van der Waals surface area contributed by atoms with Gasteiger partial charge in [-0.15, -0.1) is 11.8 Å². The molecule has 0 saturated heterocycles. The molecule has 18 heavy (non-hydrogen) atoms. The highest BCUT2D eigenvalue weighted by atomic mass is 35.5. The van der Waals surface area contributed by atoms with Gasteiger partial charge in [0, 0.05) is 4.90 Å².